The minimum atomic E-state index is -1.48. The molecule has 2 nitrogen and oxygen atoms in total. The van der Waals surface area contributed by atoms with Crippen molar-refractivity contribution in [2.45, 2.75) is 6.92 Å². The molecule has 0 bridgehead atoms. The van der Waals surface area contributed by atoms with E-state index in [1.807, 2.05) is 6.92 Å². The highest BCUT2D eigenvalue weighted by Gasteiger charge is 2.10. The summed E-state index contributed by atoms with van der Waals surface area (Å²) in [6, 6.07) is 6.86. The zero-order valence-electron chi connectivity index (χ0n) is 9.60. The molecule has 5 heteroatoms. The SMILES string of the molecule is Cc1cc(Nc2cc(F)c(F)c(F)c2)ccc1N. The third kappa shape index (κ3) is 2.40. The highest BCUT2D eigenvalue weighted by Crippen LogP contribution is 2.23. The van der Waals surface area contributed by atoms with Crippen LogP contribution in [0.2, 0.25) is 0 Å². The molecule has 0 heterocycles. The zero-order chi connectivity index (χ0) is 13.3. The third-order valence-electron chi connectivity index (χ3n) is 2.54. The molecule has 0 atom stereocenters. The number of nitrogens with one attached hydrogen (secondary N) is 1. The van der Waals surface area contributed by atoms with Gasteiger partial charge in [0.15, 0.2) is 17.5 Å². The molecule has 0 saturated carbocycles. The van der Waals surface area contributed by atoms with Crippen molar-refractivity contribution in [3.63, 3.8) is 0 Å². The van der Waals surface area contributed by atoms with E-state index in [9.17, 15) is 13.2 Å². The van der Waals surface area contributed by atoms with Gasteiger partial charge >= 0.3 is 0 Å². The maximum Gasteiger partial charge on any atom is 0.194 e. The molecule has 3 N–H and O–H groups in total. The number of nitrogen functional groups attached to an aromatic ring is 1. The molecule has 0 fully saturated rings. The Labute approximate surface area is 102 Å². The highest BCUT2D eigenvalue weighted by molar-refractivity contribution is 5.64. The van der Waals surface area contributed by atoms with Crippen molar-refractivity contribution in [1.82, 2.24) is 0 Å². The van der Waals surface area contributed by atoms with Gasteiger partial charge in [-0.1, -0.05) is 0 Å². The first-order valence-electron chi connectivity index (χ1n) is 5.25. The number of rotatable bonds is 2. The summed E-state index contributed by atoms with van der Waals surface area (Å²) in [5, 5.41) is 2.78. The van der Waals surface area contributed by atoms with Crippen LogP contribution in [0.5, 0.6) is 0 Å². The Morgan fingerprint density at radius 1 is 0.944 bits per heavy atom. The molecule has 2 aromatic rings. The van der Waals surface area contributed by atoms with Crippen LogP contribution in [0.25, 0.3) is 0 Å². The van der Waals surface area contributed by atoms with Gasteiger partial charge in [0.1, 0.15) is 0 Å². The summed E-state index contributed by atoms with van der Waals surface area (Å²) in [5.41, 5.74) is 7.86. The van der Waals surface area contributed by atoms with Crippen molar-refractivity contribution < 1.29 is 13.2 Å². The Balaban J connectivity index is 2.31. The Morgan fingerprint density at radius 3 is 2.11 bits per heavy atom. The molecule has 0 saturated heterocycles. The first-order valence-corrected chi connectivity index (χ1v) is 5.25. The normalized spacial score (nSPS) is 10.4. The summed E-state index contributed by atoms with van der Waals surface area (Å²) in [4.78, 5) is 0. The highest BCUT2D eigenvalue weighted by atomic mass is 19.2. The lowest BCUT2D eigenvalue weighted by molar-refractivity contribution is 0.448. The van der Waals surface area contributed by atoms with Crippen molar-refractivity contribution in [3.8, 4) is 0 Å². The van der Waals surface area contributed by atoms with Crippen LogP contribution in [0.4, 0.5) is 30.2 Å². The second-order valence-corrected chi connectivity index (χ2v) is 3.95. The first-order chi connectivity index (χ1) is 8.47. The fourth-order valence-corrected chi connectivity index (χ4v) is 1.55. The van der Waals surface area contributed by atoms with E-state index in [4.69, 9.17) is 5.73 Å². The van der Waals surface area contributed by atoms with Crippen LogP contribution in [0, 0.1) is 24.4 Å². The quantitative estimate of drug-likeness (QED) is 0.631. The van der Waals surface area contributed by atoms with Gasteiger partial charge in [0.25, 0.3) is 0 Å². The van der Waals surface area contributed by atoms with E-state index >= 15 is 0 Å². The number of anilines is 3. The van der Waals surface area contributed by atoms with E-state index in [-0.39, 0.29) is 5.69 Å². The van der Waals surface area contributed by atoms with Crippen molar-refractivity contribution in [2.24, 2.45) is 0 Å². The standard InChI is InChI=1S/C13H11F3N2/c1-7-4-8(2-3-12(7)17)18-9-5-10(14)13(16)11(15)6-9/h2-6,18H,17H2,1H3. The molecule has 2 rings (SSSR count). The van der Waals surface area contributed by atoms with Gasteiger partial charge in [-0.15, -0.1) is 0 Å². The smallest absolute Gasteiger partial charge is 0.194 e. The predicted octanol–water partition coefficient (Wildman–Crippen LogP) is 3.74. The van der Waals surface area contributed by atoms with Gasteiger partial charge in [-0.3, -0.25) is 0 Å². The van der Waals surface area contributed by atoms with E-state index in [0.29, 0.717) is 11.4 Å². The van der Waals surface area contributed by atoms with E-state index in [1.165, 1.54) is 0 Å². The van der Waals surface area contributed by atoms with Gasteiger partial charge in [0.2, 0.25) is 0 Å². The lowest BCUT2D eigenvalue weighted by Gasteiger charge is -2.09. The van der Waals surface area contributed by atoms with Crippen molar-refractivity contribution >= 4 is 17.1 Å². The van der Waals surface area contributed by atoms with Gasteiger partial charge < -0.3 is 11.1 Å². The zero-order valence-corrected chi connectivity index (χ0v) is 9.60. The van der Waals surface area contributed by atoms with Gasteiger partial charge in [-0.2, -0.15) is 0 Å². The number of benzene rings is 2. The summed E-state index contributed by atoms with van der Waals surface area (Å²) < 4.78 is 38.8. The van der Waals surface area contributed by atoms with Crippen molar-refractivity contribution in [2.75, 3.05) is 11.1 Å². The van der Waals surface area contributed by atoms with Crippen LogP contribution in [-0.2, 0) is 0 Å². The summed E-state index contributed by atoms with van der Waals surface area (Å²) in [6.45, 7) is 1.81. The van der Waals surface area contributed by atoms with Crippen LogP contribution in [-0.4, -0.2) is 0 Å². The topological polar surface area (TPSA) is 38.0 Å². The average molecular weight is 252 g/mol. The van der Waals surface area contributed by atoms with E-state index in [1.54, 1.807) is 18.2 Å². The molecule has 0 amide bonds. The molecule has 18 heavy (non-hydrogen) atoms. The molecular formula is C13H11F3N2. The second kappa shape index (κ2) is 4.60. The van der Waals surface area contributed by atoms with Crippen LogP contribution in [0.3, 0.4) is 0 Å². The number of hydrogen-bond donors (Lipinski definition) is 2. The fraction of sp³-hybridized carbons (Fsp3) is 0.0769. The summed E-state index contributed by atoms with van der Waals surface area (Å²) in [5.74, 6) is -3.94. The Morgan fingerprint density at radius 2 is 1.56 bits per heavy atom. The van der Waals surface area contributed by atoms with Crippen LogP contribution in [0.1, 0.15) is 5.56 Å². The minimum absolute atomic E-state index is 0.135. The number of halogens is 3. The van der Waals surface area contributed by atoms with Crippen molar-refractivity contribution in [1.29, 1.82) is 0 Å². The Kier molecular flexibility index (Phi) is 3.14. The van der Waals surface area contributed by atoms with Crippen LogP contribution >= 0.6 is 0 Å². The fourth-order valence-electron chi connectivity index (χ4n) is 1.55. The summed E-state index contributed by atoms with van der Waals surface area (Å²) in [6.07, 6.45) is 0. The average Bonchev–Trinajstić information content (AvgIpc) is 2.31. The predicted molar refractivity (Wildman–Crippen MR) is 65.2 cm³/mol. The number of nitrogens with two attached hydrogens (primary N) is 1. The molecule has 2 aromatic carbocycles. The van der Waals surface area contributed by atoms with E-state index < -0.39 is 17.5 Å². The van der Waals surface area contributed by atoms with Gasteiger partial charge in [0, 0.05) is 29.2 Å². The molecule has 0 unspecified atom stereocenters. The second-order valence-electron chi connectivity index (χ2n) is 3.95. The Hall–Kier alpha value is -2.17. The largest absolute Gasteiger partial charge is 0.399 e. The first kappa shape index (κ1) is 12.3. The minimum Gasteiger partial charge on any atom is -0.399 e. The van der Waals surface area contributed by atoms with Gasteiger partial charge in [-0.05, 0) is 30.7 Å². The monoisotopic (exact) mass is 252 g/mol. The third-order valence-corrected chi connectivity index (χ3v) is 2.54. The van der Waals surface area contributed by atoms with Crippen molar-refractivity contribution in [3.05, 3.63) is 53.3 Å². The summed E-state index contributed by atoms with van der Waals surface area (Å²) >= 11 is 0. The molecular weight excluding hydrogens is 241 g/mol. The molecule has 0 aliphatic heterocycles. The molecule has 0 aromatic heterocycles. The maximum absolute atomic E-state index is 13.0. The maximum atomic E-state index is 13.0. The molecule has 0 radical (unpaired) electrons. The van der Waals surface area contributed by atoms with Crippen LogP contribution < -0.4 is 11.1 Å². The summed E-state index contributed by atoms with van der Waals surface area (Å²) in [7, 11) is 0. The van der Waals surface area contributed by atoms with Gasteiger partial charge in [-0.25, -0.2) is 13.2 Å². The van der Waals surface area contributed by atoms with Gasteiger partial charge in [0.05, 0.1) is 0 Å². The van der Waals surface area contributed by atoms with E-state index in [2.05, 4.69) is 5.32 Å². The lowest BCUT2D eigenvalue weighted by atomic mass is 10.2. The molecule has 0 aliphatic carbocycles. The number of aryl methyl sites for hydroxylation is 1. The number of hydrogen-bond acceptors (Lipinski definition) is 2. The van der Waals surface area contributed by atoms with Crippen LogP contribution in [0.15, 0.2) is 30.3 Å². The lowest BCUT2D eigenvalue weighted by Crippen LogP contribution is -1.97. The Bertz CT molecular complexity index is 574. The van der Waals surface area contributed by atoms with E-state index in [0.717, 1.165) is 17.7 Å². The molecule has 94 valence electrons. The molecule has 0 spiro atoms. The molecule has 0 aliphatic rings.